The molecule has 0 bridgehead atoms. The van der Waals surface area contributed by atoms with Crippen LogP contribution in [0.2, 0.25) is 0 Å². The minimum Gasteiger partial charge on any atom is -0.452 e. The number of nitrogens with one attached hydrogen (secondary N) is 1. The molecule has 7 heteroatoms. The molecule has 0 aliphatic carbocycles. The average molecular weight is 408 g/mol. The van der Waals surface area contributed by atoms with Gasteiger partial charge in [0.25, 0.3) is 5.91 Å². The highest BCUT2D eigenvalue weighted by atomic mass is 16.5. The van der Waals surface area contributed by atoms with Gasteiger partial charge in [-0.3, -0.25) is 19.3 Å². The number of esters is 1. The second-order valence-electron chi connectivity index (χ2n) is 7.49. The topological polar surface area (TPSA) is 92.8 Å². The second kappa shape index (κ2) is 8.90. The van der Waals surface area contributed by atoms with E-state index in [0.29, 0.717) is 5.69 Å². The summed E-state index contributed by atoms with van der Waals surface area (Å²) in [5.41, 5.74) is 3.32. The lowest BCUT2D eigenvalue weighted by atomic mass is 9.98. The van der Waals surface area contributed by atoms with Crippen molar-refractivity contribution >= 4 is 35.1 Å². The number of carbonyl (C=O) groups is 4. The summed E-state index contributed by atoms with van der Waals surface area (Å²) in [6, 6.07) is 11.8. The Kier molecular flexibility index (Phi) is 6.30. The van der Waals surface area contributed by atoms with Gasteiger partial charge in [0.15, 0.2) is 6.61 Å². The van der Waals surface area contributed by atoms with Crippen molar-refractivity contribution in [1.82, 2.24) is 0 Å². The molecular formula is C23H24N2O5. The summed E-state index contributed by atoms with van der Waals surface area (Å²) in [5, 5.41) is 2.83. The molecule has 2 aromatic rings. The van der Waals surface area contributed by atoms with Crippen molar-refractivity contribution in [2.24, 2.45) is 0 Å². The van der Waals surface area contributed by atoms with Crippen LogP contribution in [0.4, 0.5) is 11.4 Å². The molecule has 1 saturated heterocycles. The van der Waals surface area contributed by atoms with Gasteiger partial charge in [-0.15, -0.1) is 0 Å². The summed E-state index contributed by atoms with van der Waals surface area (Å²) < 4.78 is 5.11. The van der Waals surface area contributed by atoms with Gasteiger partial charge in [-0.05, 0) is 48.2 Å². The molecule has 1 aliphatic rings. The predicted octanol–water partition coefficient (Wildman–Crippen LogP) is 3.57. The number of nitrogens with zero attached hydrogens (tertiary/aromatic N) is 1. The molecule has 0 atom stereocenters. The van der Waals surface area contributed by atoms with Gasteiger partial charge in [0, 0.05) is 18.5 Å². The Morgan fingerprint density at radius 3 is 2.27 bits per heavy atom. The Balaban J connectivity index is 1.60. The van der Waals surface area contributed by atoms with E-state index in [1.807, 2.05) is 39.0 Å². The molecule has 1 fully saturated rings. The zero-order valence-corrected chi connectivity index (χ0v) is 17.2. The molecule has 3 rings (SSSR count). The molecule has 0 radical (unpaired) electrons. The summed E-state index contributed by atoms with van der Waals surface area (Å²) in [6.07, 6.45) is 0.383. The third-order valence-electron chi connectivity index (χ3n) is 4.94. The smallest absolute Gasteiger partial charge is 0.338 e. The minimum absolute atomic E-state index is 0.192. The minimum atomic E-state index is -0.662. The van der Waals surface area contributed by atoms with Gasteiger partial charge in [-0.25, -0.2) is 4.79 Å². The highest BCUT2D eigenvalue weighted by Crippen LogP contribution is 2.27. The number of imide groups is 1. The largest absolute Gasteiger partial charge is 0.452 e. The fraction of sp³-hybridized carbons (Fsp3) is 0.304. The Labute approximate surface area is 175 Å². The van der Waals surface area contributed by atoms with E-state index in [1.165, 1.54) is 24.3 Å². The summed E-state index contributed by atoms with van der Waals surface area (Å²) in [5.74, 6) is -1.38. The SMILES string of the molecule is Cc1cccc(C(C)C)c1NC(=O)COC(=O)c1ccc(N2C(=O)CCC2=O)cc1. The van der Waals surface area contributed by atoms with Crippen molar-refractivity contribution in [1.29, 1.82) is 0 Å². The number of benzene rings is 2. The maximum atomic E-state index is 12.3. The van der Waals surface area contributed by atoms with Crippen molar-refractivity contribution in [2.75, 3.05) is 16.8 Å². The Morgan fingerprint density at radius 1 is 1.03 bits per heavy atom. The molecule has 156 valence electrons. The molecule has 1 N–H and O–H groups in total. The van der Waals surface area contributed by atoms with Crippen molar-refractivity contribution in [2.45, 2.75) is 39.5 Å². The predicted molar refractivity (Wildman–Crippen MR) is 112 cm³/mol. The lowest BCUT2D eigenvalue weighted by molar-refractivity contribution is -0.121. The molecule has 0 saturated carbocycles. The van der Waals surface area contributed by atoms with Gasteiger partial charge in [-0.2, -0.15) is 0 Å². The zero-order valence-electron chi connectivity index (χ0n) is 17.2. The average Bonchev–Trinajstić information content (AvgIpc) is 3.05. The Bertz CT molecular complexity index is 979. The van der Waals surface area contributed by atoms with Gasteiger partial charge in [-0.1, -0.05) is 32.0 Å². The molecule has 7 nitrogen and oxygen atoms in total. The number of ether oxygens (including phenoxy) is 1. The summed E-state index contributed by atoms with van der Waals surface area (Å²) in [4.78, 5) is 49.2. The lowest BCUT2D eigenvalue weighted by Crippen LogP contribution is -2.28. The quantitative estimate of drug-likeness (QED) is 0.583. The van der Waals surface area contributed by atoms with Crippen LogP contribution in [-0.4, -0.2) is 30.3 Å². The van der Waals surface area contributed by atoms with E-state index < -0.39 is 18.5 Å². The molecule has 2 aromatic carbocycles. The van der Waals surface area contributed by atoms with E-state index in [1.54, 1.807) is 0 Å². The first kappa shape index (κ1) is 21.2. The van der Waals surface area contributed by atoms with E-state index in [-0.39, 0.29) is 36.1 Å². The van der Waals surface area contributed by atoms with Gasteiger partial charge in [0.1, 0.15) is 0 Å². The van der Waals surface area contributed by atoms with Gasteiger partial charge >= 0.3 is 5.97 Å². The van der Waals surface area contributed by atoms with E-state index >= 15 is 0 Å². The van der Waals surface area contributed by atoms with Gasteiger partial charge < -0.3 is 10.1 Å². The molecule has 0 spiro atoms. The number of hydrogen-bond donors (Lipinski definition) is 1. The van der Waals surface area contributed by atoms with Crippen LogP contribution < -0.4 is 10.2 Å². The van der Waals surface area contributed by atoms with E-state index in [2.05, 4.69) is 5.32 Å². The van der Waals surface area contributed by atoms with Gasteiger partial charge in [0.2, 0.25) is 11.8 Å². The standard InChI is InChI=1S/C23H24N2O5/c1-14(2)18-6-4-5-15(3)22(18)24-19(26)13-30-23(29)16-7-9-17(10-8-16)25-20(27)11-12-21(25)28/h4-10,14H,11-13H2,1-3H3,(H,24,26). The number of amides is 3. The highest BCUT2D eigenvalue weighted by Gasteiger charge is 2.30. The third-order valence-corrected chi connectivity index (χ3v) is 4.94. The fourth-order valence-electron chi connectivity index (χ4n) is 3.34. The highest BCUT2D eigenvalue weighted by molar-refractivity contribution is 6.19. The van der Waals surface area contributed by atoms with Crippen LogP contribution in [-0.2, 0) is 19.1 Å². The first-order valence-corrected chi connectivity index (χ1v) is 9.80. The number of hydrogen-bond acceptors (Lipinski definition) is 5. The van der Waals surface area contributed by atoms with Crippen LogP contribution in [0.1, 0.15) is 54.1 Å². The van der Waals surface area contributed by atoms with E-state index in [0.717, 1.165) is 21.7 Å². The summed E-state index contributed by atoms with van der Waals surface area (Å²) in [7, 11) is 0. The fourth-order valence-corrected chi connectivity index (χ4v) is 3.34. The Morgan fingerprint density at radius 2 is 1.67 bits per heavy atom. The molecule has 0 aromatic heterocycles. The molecule has 1 heterocycles. The number of anilines is 2. The van der Waals surface area contributed by atoms with Crippen LogP contribution in [0.3, 0.4) is 0 Å². The Hall–Kier alpha value is -3.48. The summed E-state index contributed by atoms with van der Waals surface area (Å²) >= 11 is 0. The molecule has 1 aliphatic heterocycles. The zero-order chi connectivity index (χ0) is 21.8. The van der Waals surface area contributed by atoms with Crippen molar-refractivity contribution in [3.8, 4) is 0 Å². The summed E-state index contributed by atoms with van der Waals surface area (Å²) in [6.45, 7) is 5.56. The second-order valence-corrected chi connectivity index (χ2v) is 7.49. The third kappa shape index (κ3) is 4.56. The van der Waals surface area contributed by atoms with Crippen LogP contribution >= 0.6 is 0 Å². The first-order chi connectivity index (χ1) is 14.3. The molecular weight excluding hydrogens is 384 g/mol. The maximum absolute atomic E-state index is 12.3. The normalized spacial score (nSPS) is 13.7. The van der Waals surface area contributed by atoms with E-state index in [4.69, 9.17) is 4.74 Å². The van der Waals surface area contributed by atoms with Crippen LogP contribution in [0.5, 0.6) is 0 Å². The van der Waals surface area contributed by atoms with Gasteiger partial charge in [0.05, 0.1) is 11.3 Å². The number of carbonyl (C=O) groups excluding carboxylic acids is 4. The van der Waals surface area contributed by atoms with Crippen LogP contribution in [0.15, 0.2) is 42.5 Å². The monoisotopic (exact) mass is 408 g/mol. The number of para-hydroxylation sites is 1. The van der Waals surface area contributed by atoms with E-state index in [9.17, 15) is 19.2 Å². The molecule has 3 amide bonds. The van der Waals surface area contributed by atoms with Crippen molar-refractivity contribution in [3.05, 3.63) is 59.2 Å². The lowest BCUT2D eigenvalue weighted by Gasteiger charge is -2.16. The molecule has 30 heavy (non-hydrogen) atoms. The molecule has 0 unspecified atom stereocenters. The van der Waals surface area contributed by atoms with Crippen molar-refractivity contribution in [3.63, 3.8) is 0 Å². The maximum Gasteiger partial charge on any atom is 0.338 e. The number of rotatable bonds is 6. The van der Waals surface area contributed by atoms with Crippen molar-refractivity contribution < 1.29 is 23.9 Å². The first-order valence-electron chi connectivity index (χ1n) is 9.80. The van der Waals surface area contributed by atoms with Crippen LogP contribution in [0.25, 0.3) is 0 Å². The number of aryl methyl sites for hydroxylation is 1. The van der Waals surface area contributed by atoms with Crippen LogP contribution in [0, 0.1) is 6.92 Å².